The molecule has 110 valence electrons. The SMILES string of the molecule is CN1CCN(C)C(CNCc2ccc(C(=O)O)cn2)C1. The van der Waals surface area contributed by atoms with E-state index in [1.807, 2.05) is 0 Å². The summed E-state index contributed by atoms with van der Waals surface area (Å²) in [6, 6.07) is 3.85. The molecule has 0 bridgehead atoms. The Morgan fingerprint density at radius 3 is 2.90 bits per heavy atom. The minimum atomic E-state index is -0.941. The van der Waals surface area contributed by atoms with Crippen LogP contribution in [0.5, 0.6) is 0 Å². The van der Waals surface area contributed by atoms with Gasteiger partial charge in [-0.15, -0.1) is 0 Å². The Bertz CT molecular complexity index is 449. The summed E-state index contributed by atoms with van der Waals surface area (Å²) >= 11 is 0. The standard InChI is InChI=1S/C14H22N4O2/c1-17-5-6-18(2)13(10-17)9-15-8-12-4-3-11(7-16-12)14(19)20/h3-4,7,13,15H,5-6,8-10H2,1-2H3,(H,19,20). The van der Waals surface area contributed by atoms with E-state index in [4.69, 9.17) is 5.11 Å². The fourth-order valence-electron chi connectivity index (χ4n) is 2.34. The number of likely N-dealkylation sites (N-methyl/N-ethyl adjacent to an activating group) is 2. The number of pyridine rings is 1. The molecule has 1 atom stereocenters. The van der Waals surface area contributed by atoms with Gasteiger partial charge in [0.25, 0.3) is 0 Å². The van der Waals surface area contributed by atoms with E-state index in [0.29, 0.717) is 12.6 Å². The quantitative estimate of drug-likeness (QED) is 0.797. The second-order valence-corrected chi connectivity index (χ2v) is 5.37. The van der Waals surface area contributed by atoms with Crippen LogP contribution >= 0.6 is 0 Å². The van der Waals surface area contributed by atoms with E-state index in [-0.39, 0.29) is 5.56 Å². The summed E-state index contributed by atoms with van der Waals surface area (Å²) in [6.45, 7) is 4.84. The number of carboxylic acid groups (broad SMARTS) is 1. The minimum Gasteiger partial charge on any atom is -0.478 e. The largest absolute Gasteiger partial charge is 0.478 e. The van der Waals surface area contributed by atoms with Crippen LogP contribution in [0.25, 0.3) is 0 Å². The molecule has 1 fully saturated rings. The highest BCUT2D eigenvalue weighted by atomic mass is 16.4. The van der Waals surface area contributed by atoms with E-state index >= 15 is 0 Å². The van der Waals surface area contributed by atoms with E-state index in [1.54, 1.807) is 12.1 Å². The smallest absolute Gasteiger partial charge is 0.337 e. The number of aromatic carboxylic acids is 1. The predicted molar refractivity (Wildman–Crippen MR) is 76.8 cm³/mol. The average Bonchev–Trinajstić information content (AvgIpc) is 2.43. The van der Waals surface area contributed by atoms with Crippen LogP contribution in [0.1, 0.15) is 16.1 Å². The van der Waals surface area contributed by atoms with Gasteiger partial charge in [0.05, 0.1) is 11.3 Å². The summed E-state index contributed by atoms with van der Waals surface area (Å²) < 4.78 is 0. The first-order chi connectivity index (χ1) is 9.56. The van der Waals surface area contributed by atoms with Crippen molar-refractivity contribution in [2.75, 3.05) is 40.3 Å². The maximum absolute atomic E-state index is 10.7. The van der Waals surface area contributed by atoms with Crippen molar-refractivity contribution in [3.63, 3.8) is 0 Å². The number of nitrogens with one attached hydrogen (secondary N) is 1. The number of hydrogen-bond donors (Lipinski definition) is 2. The molecule has 0 saturated carbocycles. The van der Waals surface area contributed by atoms with E-state index in [0.717, 1.165) is 31.9 Å². The number of hydrogen-bond acceptors (Lipinski definition) is 5. The number of carbonyl (C=O) groups is 1. The van der Waals surface area contributed by atoms with Gasteiger partial charge in [-0.05, 0) is 26.2 Å². The average molecular weight is 278 g/mol. The zero-order chi connectivity index (χ0) is 14.5. The fraction of sp³-hybridized carbons (Fsp3) is 0.571. The second kappa shape index (κ2) is 6.78. The zero-order valence-electron chi connectivity index (χ0n) is 12.0. The van der Waals surface area contributed by atoms with Gasteiger partial charge in [0, 0.05) is 45.0 Å². The Morgan fingerprint density at radius 1 is 1.45 bits per heavy atom. The molecule has 2 N–H and O–H groups in total. The first-order valence-corrected chi connectivity index (χ1v) is 6.84. The zero-order valence-corrected chi connectivity index (χ0v) is 12.0. The van der Waals surface area contributed by atoms with Crippen molar-refractivity contribution in [2.45, 2.75) is 12.6 Å². The molecule has 1 aliphatic rings. The molecule has 1 saturated heterocycles. The minimum absolute atomic E-state index is 0.224. The number of piperazine rings is 1. The highest BCUT2D eigenvalue weighted by Crippen LogP contribution is 2.05. The lowest BCUT2D eigenvalue weighted by Gasteiger charge is -2.37. The second-order valence-electron chi connectivity index (χ2n) is 5.37. The van der Waals surface area contributed by atoms with Crippen LogP contribution in [0, 0.1) is 0 Å². The highest BCUT2D eigenvalue weighted by molar-refractivity contribution is 5.87. The van der Waals surface area contributed by atoms with Gasteiger partial charge in [-0.25, -0.2) is 4.79 Å². The van der Waals surface area contributed by atoms with Crippen LogP contribution in [0.4, 0.5) is 0 Å². The van der Waals surface area contributed by atoms with Crippen molar-refractivity contribution in [1.82, 2.24) is 20.1 Å². The van der Waals surface area contributed by atoms with Gasteiger partial charge in [0.2, 0.25) is 0 Å². The lowest BCUT2D eigenvalue weighted by Crippen LogP contribution is -2.53. The Morgan fingerprint density at radius 2 is 2.25 bits per heavy atom. The van der Waals surface area contributed by atoms with Crippen LogP contribution in [0.3, 0.4) is 0 Å². The summed E-state index contributed by atoms with van der Waals surface area (Å²) in [5.41, 5.74) is 1.09. The summed E-state index contributed by atoms with van der Waals surface area (Å²) in [5.74, 6) is -0.941. The number of rotatable bonds is 5. The first kappa shape index (κ1) is 14.9. The highest BCUT2D eigenvalue weighted by Gasteiger charge is 2.21. The van der Waals surface area contributed by atoms with Gasteiger partial charge in [-0.1, -0.05) is 0 Å². The van der Waals surface area contributed by atoms with Gasteiger partial charge >= 0.3 is 5.97 Å². The molecule has 1 unspecified atom stereocenters. The molecule has 0 spiro atoms. The van der Waals surface area contributed by atoms with E-state index in [2.05, 4.69) is 34.2 Å². The van der Waals surface area contributed by atoms with Crippen LogP contribution in [-0.2, 0) is 6.54 Å². The molecule has 2 heterocycles. The van der Waals surface area contributed by atoms with Crippen molar-refractivity contribution in [3.8, 4) is 0 Å². The molecule has 0 aromatic carbocycles. The summed E-state index contributed by atoms with van der Waals surface area (Å²) in [6.07, 6.45) is 1.40. The molecule has 20 heavy (non-hydrogen) atoms. The third-order valence-corrected chi connectivity index (χ3v) is 3.74. The Hall–Kier alpha value is -1.50. The van der Waals surface area contributed by atoms with Crippen LogP contribution in [0.2, 0.25) is 0 Å². The normalized spacial score (nSPS) is 21.0. The predicted octanol–water partition coefficient (Wildman–Crippen LogP) is 0.115. The van der Waals surface area contributed by atoms with Gasteiger partial charge < -0.3 is 15.3 Å². The van der Waals surface area contributed by atoms with Gasteiger partial charge in [-0.3, -0.25) is 9.88 Å². The van der Waals surface area contributed by atoms with Crippen molar-refractivity contribution in [2.24, 2.45) is 0 Å². The topological polar surface area (TPSA) is 68.7 Å². The maximum atomic E-state index is 10.7. The summed E-state index contributed by atoms with van der Waals surface area (Å²) in [5, 5.41) is 12.2. The maximum Gasteiger partial charge on any atom is 0.337 e. The van der Waals surface area contributed by atoms with Gasteiger partial charge in [0.1, 0.15) is 0 Å². The van der Waals surface area contributed by atoms with Crippen molar-refractivity contribution >= 4 is 5.97 Å². The molecular weight excluding hydrogens is 256 g/mol. The lowest BCUT2D eigenvalue weighted by atomic mass is 10.2. The van der Waals surface area contributed by atoms with Gasteiger partial charge in [-0.2, -0.15) is 0 Å². The number of nitrogens with zero attached hydrogens (tertiary/aromatic N) is 3. The monoisotopic (exact) mass is 278 g/mol. The summed E-state index contributed by atoms with van der Waals surface area (Å²) in [4.78, 5) is 19.6. The first-order valence-electron chi connectivity index (χ1n) is 6.84. The van der Waals surface area contributed by atoms with E-state index in [9.17, 15) is 4.79 Å². The Kier molecular flexibility index (Phi) is 5.05. The van der Waals surface area contributed by atoms with E-state index in [1.165, 1.54) is 6.20 Å². The Balaban J connectivity index is 1.79. The molecule has 2 rings (SSSR count). The Labute approximate surface area is 119 Å². The molecule has 6 heteroatoms. The van der Waals surface area contributed by atoms with Crippen molar-refractivity contribution in [1.29, 1.82) is 0 Å². The van der Waals surface area contributed by atoms with Gasteiger partial charge in [0.15, 0.2) is 0 Å². The number of carboxylic acids is 1. The molecule has 1 aromatic heterocycles. The fourth-order valence-corrected chi connectivity index (χ4v) is 2.34. The number of aromatic nitrogens is 1. The molecular formula is C14H22N4O2. The van der Waals surface area contributed by atoms with Crippen LogP contribution in [-0.4, -0.2) is 72.2 Å². The third-order valence-electron chi connectivity index (χ3n) is 3.74. The lowest BCUT2D eigenvalue weighted by molar-refractivity contribution is 0.0696. The van der Waals surface area contributed by atoms with Crippen molar-refractivity contribution < 1.29 is 9.90 Å². The third kappa shape index (κ3) is 4.00. The molecule has 0 amide bonds. The van der Waals surface area contributed by atoms with Crippen LogP contribution < -0.4 is 5.32 Å². The summed E-state index contributed by atoms with van der Waals surface area (Å²) in [7, 11) is 4.30. The molecule has 6 nitrogen and oxygen atoms in total. The molecule has 1 aliphatic heterocycles. The molecule has 0 radical (unpaired) electrons. The molecule has 1 aromatic rings. The van der Waals surface area contributed by atoms with Crippen molar-refractivity contribution in [3.05, 3.63) is 29.6 Å². The van der Waals surface area contributed by atoms with Crippen LogP contribution in [0.15, 0.2) is 18.3 Å². The van der Waals surface area contributed by atoms with E-state index < -0.39 is 5.97 Å². The molecule has 0 aliphatic carbocycles.